The van der Waals surface area contributed by atoms with E-state index >= 15 is 0 Å². The first-order valence-corrected chi connectivity index (χ1v) is 7.53. The van der Waals surface area contributed by atoms with E-state index in [1.807, 2.05) is 0 Å². The number of H-pyrrole nitrogens is 1. The molecule has 0 radical (unpaired) electrons. The van der Waals surface area contributed by atoms with Crippen LogP contribution in [0.25, 0.3) is 10.9 Å². The summed E-state index contributed by atoms with van der Waals surface area (Å²) in [5, 5.41) is 18.1. The van der Waals surface area contributed by atoms with E-state index in [4.69, 9.17) is 0 Å². The minimum absolute atomic E-state index is 0.155. The van der Waals surface area contributed by atoms with Crippen LogP contribution in [0.15, 0.2) is 24.5 Å². The Hall–Kier alpha value is -2.64. The fraction of sp³-hybridized carbons (Fsp3) is 0.400. The third-order valence-electron chi connectivity index (χ3n) is 3.61. The third-order valence-corrected chi connectivity index (χ3v) is 3.61. The van der Waals surface area contributed by atoms with Crippen LogP contribution in [0.2, 0.25) is 0 Å². The van der Waals surface area contributed by atoms with Crippen LogP contribution in [0.3, 0.4) is 0 Å². The van der Waals surface area contributed by atoms with Crippen molar-refractivity contribution in [3.63, 3.8) is 0 Å². The molecule has 0 aliphatic heterocycles. The second-order valence-corrected chi connectivity index (χ2v) is 5.82. The molecule has 1 aromatic carbocycles. The van der Waals surface area contributed by atoms with Gasteiger partial charge in [0.2, 0.25) is 0 Å². The van der Waals surface area contributed by atoms with Gasteiger partial charge in [-0.1, -0.05) is 19.1 Å². The van der Waals surface area contributed by atoms with Gasteiger partial charge >= 0.3 is 0 Å². The molecular formula is C15H18FN7. The lowest BCUT2D eigenvalue weighted by molar-refractivity contribution is 0.510. The molecule has 3 aromatic rings. The average Bonchev–Trinajstić information content (AvgIpc) is 3.05. The maximum Gasteiger partial charge on any atom is 0.196 e. The number of nitrogens with zero attached hydrogens (tertiary/aromatic N) is 5. The molecule has 0 spiro atoms. The van der Waals surface area contributed by atoms with Crippen molar-refractivity contribution in [1.29, 1.82) is 0 Å². The molecule has 23 heavy (non-hydrogen) atoms. The number of tetrazole rings is 1. The Morgan fingerprint density at radius 1 is 1.22 bits per heavy atom. The topological polar surface area (TPSA) is 92.3 Å². The number of aromatic amines is 1. The summed E-state index contributed by atoms with van der Waals surface area (Å²) in [6.45, 7) is 4.31. The summed E-state index contributed by atoms with van der Waals surface area (Å²) in [5.41, 5.74) is 0.680. The van der Waals surface area contributed by atoms with E-state index in [9.17, 15) is 4.39 Å². The molecule has 0 bridgehead atoms. The van der Waals surface area contributed by atoms with Crippen molar-refractivity contribution < 1.29 is 4.39 Å². The minimum Gasteiger partial charge on any atom is -0.359 e. The van der Waals surface area contributed by atoms with E-state index in [-0.39, 0.29) is 11.9 Å². The standard InChI is InChI=1S/C15H18FN7/c1-9(2)3-5-13(15-20-22-23-21-15)19-14-11-7-10(16)4-6-12(11)17-8-18-14/h4,6-9,13H,3,5H2,1-2H3,(H,17,18,19)(H,20,21,22,23). The smallest absolute Gasteiger partial charge is 0.196 e. The highest BCUT2D eigenvalue weighted by Crippen LogP contribution is 2.26. The number of rotatable bonds is 6. The lowest BCUT2D eigenvalue weighted by atomic mass is 10.0. The van der Waals surface area contributed by atoms with E-state index in [0.29, 0.717) is 28.5 Å². The van der Waals surface area contributed by atoms with Gasteiger partial charge in [0.15, 0.2) is 5.82 Å². The van der Waals surface area contributed by atoms with Gasteiger partial charge in [-0.15, -0.1) is 10.2 Å². The zero-order chi connectivity index (χ0) is 16.2. The Bertz CT molecular complexity index is 773. The highest BCUT2D eigenvalue weighted by Gasteiger charge is 2.18. The van der Waals surface area contributed by atoms with E-state index in [2.05, 4.69) is 49.8 Å². The number of hydrogen-bond donors (Lipinski definition) is 2. The minimum atomic E-state index is -0.325. The van der Waals surface area contributed by atoms with E-state index in [1.54, 1.807) is 6.07 Å². The van der Waals surface area contributed by atoms with Gasteiger partial charge in [-0.3, -0.25) is 0 Å². The molecule has 0 aliphatic rings. The SMILES string of the molecule is CC(C)CCC(Nc1ncnc2ccc(F)cc12)c1nn[nH]n1. The van der Waals surface area contributed by atoms with Gasteiger partial charge in [0.1, 0.15) is 18.0 Å². The van der Waals surface area contributed by atoms with Gasteiger partial charge in [0.05, 0.1) is 11.6 Å². The van der Waals surface area contributed by atoms with Crippen molar-refractivity contribution in [3.8, 4) is 0 Å². The number of halogens is 1. The second kappa shape index (κ2) is 6.64. The average molecular weight is 315 g/mol. The molecule has 2 N–H and O–H groups in total. The fourth-order valence-electron chi connectivity index (χ4n) is 2.39. The van der Waals surface area contributed by atoms with Crippen LogP contribution in [0.1, 0.15) is 38.6 Å². The number of anilines is 1. The predicted molar refractivity (Wildman–Crippen MR) is 84.1 cm³/mol. The molecule has 8 heteroatoms. The Morgan fingerprint density at radius 3 is 2.83 bits per heavy atom. The summed E-state index contributed by atoms with van der Waals surface area (Å²) in [6.07, 6.45) is 3.26. The van der Waals surface area contributed by atoms with Crippen molar-refractivity contribution in [1.82, 2.24) is 30.6 Å². The summed E-state index contributed by atoms with van der Waals surface area (Å²) in [7, 11) is 0. The van der Waals surface area contributed by atoms with Crippen molar-refractivity contribution in [2.75, 3.05) is 5.32 Å². The van der Waals surface area contributed by atoms with E-state index in [1.165, 1.54) is 18.5 Å². The van der Waals surface area contributed by atoms with E-state index in [0.717, 1.165) is 12.8 Å². The summed E-state index contributed by atoms with van der Waals surface area (Å²) in [5.74, 6) is 1.35. The lowest BCUT2D eigenvalue weighted by Crippen LogP contribution is -2.15. The van der Waals surface area contributed by atoms with E-state index < -0.39 is 0 Å². The molecule has 0 aliphatic carbocycles. The highest BCUT2D eigenvalue weighted by molar-refractivity contribution is 5.88. The molecule has 0 amide bonds. The van der Waals surface area contributed by atoms with Crippen LogP contribution >= 0.6 is 0 Å². The largest absolute Gasteiger partial charge is 0.359 e. The zero-order valence-corrected chi connectivity index (χ0v) is 13.0. The maximum absolute atomic E-state index is 13.6. The van der Waals surface area contributed by atoms with Crippen molar-refractivity contribution in [3.05, 3.63) is 36.2 Å². The van der Waals surface area contributed by atoms with Crippen molar-refractivity contribution >= 4 is 16.7 Å². The van der Waals surface area contributed by atoms with Gasteiger partial charge in [0.25, 0.3) is 0 Å². The monoisotopic (exact) mass is 315 g/mol. The molecule has 0 saturated heterocycles. The van der Waals surface area contributed by atoms with Crippen LogP contribution < -0.4 is 5.32 Å². The van der Waals surface area contributed by atoms with Crippen LogP contribution in [0, 0.1) is 11.7 Å². The Labute approximate surface area is 132 Å². The molecule has 2 heterocycles. The van der Waals surface area contributed by atoms with Gasteiger partial charge in [-0.25, -0.2) is 14.4 Å². The Balaban J connectivity index is 1.92. The molecule has 2 aromatic heterocycles. The lowest BCUT2D eigenvalue weighted by Gasteiger charge is -2.18. The molecule has 120 valence electrons. The molecule has 0 fully saturated rings. The summed E-state index contributed by atoms with van der Waals surface area (Å²) < 4.78 is 13.6. The van der Waals surface area contributed by atoms with Crippen LogP contribution in [-0.4, -0.2) is 30.6 Å². The Kier molecular flexibility index (Phi) is 4.40. The molecular weight excluding hydrogens is 297 g/mol. The first-order chi connectivity index (χ1) is 11.1. The maximum atomic E-state index is 13.6. The van der Waals surface area contributed by atoms with Crippen LogP contribution in [0.5, 0.6) is 0 Å². The zero-order valence-electron chi connectivity index (χ0n) is 13.0. The van der Waals surface area contributed by atoms with Gasteiger partial charge < -0.3 is 5.32 Å². The number of hydrogen-bond acceptors (Lipinski definition) is 6. The number of nitrogens with one attached hydrogen (secondary N) is 2. The van der Waals surface area contributed by atoms with Crippen LogP contribution in [-0.2, 0) is 0 Å². The number of benzene rings is 1. The van der Waals surface area contributed by atoms with Crippen molar-refractivity contribution in [2.45, 2.75) is 32.7 Å². The third kappa shape index (κ3) is 3.58. The Morgan fingerprint density at radius 2 is 2.09 bits per heavy atom. The molecule has 3 rings (SSSR count). The first kappa shape index (κ1) is 15.3. The number of fused-ring (bicyclic) bond motifs is 1. The van der Waals surface area contributed by atoms with Gasteiger partial charge in [0, 0.05) is 5.39 Å². The second-order valence-electron chi connectivity index (χ2n) is 5.82. The highest BCUT2D eigenvalue weighted by atomic mass is 19.1. The summed E-state index contributed by atoms with van der Waals surface area (Å²) >= 11 is 0. The summed E-state index contributed by atoms with van der Waals surface area (Å²) in [6, 6.07) is 4.29. The van der Waals surface area contributed by atoms with Gasteiger partial charge in [-0.2, -0.15) is 5.21 Å². The normalized spacial score (nSPS) is 12.7. The summed E-state index contributed by atoms with van der Waals surface area (Å²) in [4.78, 5) is 8.41. The molecule has 7 nitrogen and oxygen atoms in total. The fourth-order valence-corrected chi connectivity index (χ4v) is 2.39. The molecule has 1 unspecified atom stereocenters. The number of aromatic nitrogens is 6. The molecule has 0 saturated carbocycles. The molecule has 1 atom stereocenters. The van der Waals surface area contributed by atoms with Gasteiger partial charge in [-0.05, 0) is 37.0 Å². The quantitative estimate of drug-likeness (QED) is 0.726. The predicted octanol–water partition coefficient (Wildman–Crippen LogP) is 2.87. The van der Waals surface area contributed by atoms with Crippen molar-refractivity contribution in [2.24, 2.45) is 5.92 Å². The first-order valence-electron chi connectivity index (χ1n) is 7.53. The van der Waals surface area contributed by atoms with Crippen LogP contribution in [0.4, 0.5) is 10.2 Å².